The Labute approximate surface area is 99.8 Å². The van der Waals surface area contributed by atoms with Gasteiger partial charge in [0.05, 0.1) is 0 Å². The van der Waals surface area contributed by atoms with Crippen LogP contribution in [-0.4, -0.2) is 31.6 Å². The minimum atomic E-state index is 0.637. The second-order valence-electron chi connectivity index (χ2n) is 4.16. The number of anilines is 1. The molecule has 0 amide bonds. The molecule has 1 aromatic rings. The van der Waals surface area contributed by atoms with Gasteiger partial charge in [0.1, 0.15) is 0 Å². The molecular formula is C12H17BrN2. The molecule has 82 valence electrons. The Morgan fingerprint density at radius 1 is 1.53 bits per heavy atom. The standard InChI is InChI=1S/C12H17BrN2/c1-3-15(2)8-9-7-14-12-6-10(13)4-5-11(9)12/h4-6,9,14H,3,7-8H2,1-2H3. The average Bonchev–Trinajstić information content (AvgIpc) is 2.60. The molecule has 1 aliphatic rings. The number of hydrogen-bond donors (Lipinski definition) is 1. The summed E-state index contributed by atoms with van der Waals surface area (Å²) in [6, 6.07) is 6.53. The predicted molar refractivity (Wildman–Crippen MR) is 68.5 cm³/mol. The highest BCUT2D eigenvalue weighted by Gasteiger charge is 2.22. The fourth-order valence-corrected chi connectivity index (χ4v) is 2.41. The zero-order valence-corrected chi connectivity index (χ0v) is 10.8. The van der Waals surface area contributed by atoms with Crippen molar-refractivity contribution in [3.63, 3.8) is 0 Å². The van der Waals surface area contributed by atoms with Crippen LogP contribution in [0.25, 0.3) is 0 Å². The van der Waals surface area contributed by atoms with Crippen LogP contribution in [0.2, 0.25) is 0 Å². The Bertz CT molecular complexity index is 351. The van der Waals surface area contributed by atoms with E-state index in [2.05, 4.69) is 58.3 Å². The van der Waals surface area contributed by atoms with Gasteiger partial charge < -0.3 is 10.2 Å². The molecular weight excluding hydrogens is 252 g/mol. The van der Waals surface area contributed by atoms with E-state index in [9.17, 15) is 0 Å². The zero-order valence-electron chi connectivity index (χ0n) is 9.26. The molecule has 1 aliphatic heterocycles. The summed E-state index contributed by atoms with van der Waals surface area (Å²) in [4.78, 5) is 2.36. The van der Waals surface area contributed by atoms with Crippen molar-refractivity contribution in [1.29, 1.82) is 0 Å². The second kappa shape index (κ2) is 4.54. The number of nitrogens with one attached hydrogen (secondary N) is 1. The Morgan fingerprint density at radius 2 is 2.33 bits per heavy atom. The van der Waals surface area contributed by atoms with Crippen LogP contribution in [0.3, 0.4) is 0 Å². The molecule has 0 aliphatic carbocycles. The van der Waals surface area contributed by atoms with E-state index in [0.717, 1.165) is 24.1 Å². The van der Waals surface area contributed by atoms with E-state index in [1.165, 1.54) is 11.3 Å². The first-order valence-corrected chi connectivity index (χ1v) is 6.22. The van der Waals surface area contributed by atoms with Gasteiger partial charge >= 0.3 is 0 Å². The van der Waals surface area contributed by atoms with E-state index in [0.29, 0.717) is 5.92 Å². The maximum absolute atomic E-state index is 3.50. The molecule has 0 fully saturated rings. The number of halogens is 1. The zero-order chi connectivity index (χ0) is 10.8. The molecule has 0 saturated heterocycles. The van der Waals surface area contributed by atoms with Gasteiger partial charge in [-0.25, -0.2) is 0 Å². The van der Waals surface area contributed by atoms with Crippen molar-refractivity contribution >= 4 is 21.6 Å². The van der Waals surface area contributed by atoms with Crippen LogP contribution in [0.5, 0.6) is 0 Å². The Kier molecular flexibility index (Phi) is 3.32. The molecule has 0 saturated carbocycles. The van der Waals surface area contributed by atoms with E-state index < -0.39 is 0 Å². The number of hydrogen-bond acceptors (Lipinski definition) is 2. The molecule has 1 unspecified atom stereocenters. The normalized spacial score (nSPS) is 19.1. The van der Waals surface area contributed by atoms with Crippen molar-refractivity contribution in [3.05, 3.63) is 28.2 Å². The molecule has 1 atom stereocenters. The van der Waals surface area contributed by atoms with Gasteiger partial charge in [-0.2, -0.15) is 0 Å². The molecule has 0 aromatic heterocycles. The monoisotopic (exact) mass is 268 g/mol. The van der Waals surface area contributed by atoms with Crippen molar-refractivity contribution in [1.82, 2.24) is 4.90 Å². The van der Waals surface area contributed by atoms with Gasteiger partial charge in [0.25, 0.3) is 0 Å². The molecule has 1 heterocycles. The smallest absolute Gasteiger partial charge is 0.0388 e. The quantitative estimate of drug-likeness (QED) is 0.907. The fraction of sp³-hybridized carbons (Fsp3) is 0.500. The first-order valence-electron chi connectivity index (χ1n) is 5.42. The van der Waals surface area contributed by atoms with Gasteiger partial charge in [-0.15, -0.1) is 0 Å². The molecule has 15 heavy (non-hydrogen) atoms. The number of likely N-dealkylation sites (N-methyl/N-ethyl adjacent to an activating group) is 1. The number of nitrogens with zero attached hydrogens (tertiary/aromatic N) is 1. The number of benzene rings is 1. The number of rotatable bonds is 3. The van der Waals surface area contributed by atoms with Crippen molar-refractivity contribution in [2.45, 2.75) is 12.8 Å². The third-order valence-electron chi connectivity index (χ3n) is 3.07. The summed E-state index contributed by atoms with van der Waals surface area (Å²) in [5.74, 6) is 0.637. The first kappa shape index (κ1) is 11.0. The van der Waals surface area contributed by atoms with E-state index in [1.807, 2.05) is 0 Å². The van der Waals surface area contributed by atoms with Crippen LogP contribution < -0.4 is 5.32 Å². The summed E-state index contributed by atoms with van der Waals surface area (Å²) in [5, 5.41) is 3.46. The number of fused-ring (bicyclic) bond motifs is 1. The lowest BCUT2D eigenvalue weighted by atomic mass is 10.0. The van der Waals surface area contributed by atoms with E-state index in [1.54, 1.807) is 0 Å². The Morgan fingerprint density at radius 3 is 3.07 bits per heavy atom. The predicted octanol–water partition coefficient (Wildman–Crippen LogP) is 2.91. The lowest BCUT2D eigenvalue weighted by Gasteiger charge is -2.18. The van der Waals surface area contributed by atoms with Gasteiger partial charge in [0.15, 0.2) is 0 Å². The molecule has 1 N–H and O–H groups in total. The van der Waals surface area contributed by atoms with Crippen LogP contribution in [0.15, 0.2) is 22.7 Å². The maximum atomic E-state index is 3.50. The van der Waals surface area contributed by atoms with Gasteiger partial charge in [-0.1, -0.05) is 28.9 Å². The van der Waals surface area contributed by atoms with Gasteiger partial charge in [-0.3, -0.25) is 0 Å². The minimum absolute atomic E-state index is 0.637. The van der Waals surface area contributed by atoms with Gasteiger partial charge in [-0.05, 0) is 31.3 Å². The highest BCUT2D eigenvalue weighted by atomic mass is 79.9. The summed E-state index contributed by atoms with van der Waals surface area (Å²) in [7, 11) is 2.18. The molecule has 2 rings (SSSR count). The van der Waals surface area contributed by atoms with Crippen molar-refractivity contribution in [3.8, 4) is 0 Å². The SMILES string of the molecule is CCN(C)CC1CNc2cc(Br)ccc21. The van der Waals surface area contributed by atoms with Crippen LogP contribution in [0, 0.1) is 0 Å². The fourth-order valence-electron chi connectivity index (χ4n) is 2.05. The van der Waals surface area contributed by atoms with E-state index >= 15 is 0 Å². The Hall–Kier alpha value is -0.540. The van der Waals surface area contributed by atoms with Crippen LogP contribution in [-0.2, 0) is 0 Å². The van der Waals surface area contributed by atoms with Crippen LogP contribution in [0.1, 0.15) is 18.4 Å². The van der Waals surface area contributed by atoms with Crippen LogP contribution >= 0.6 is 15.9 Å². The first-order chi connectivity index (χ1) is 7.20. The average molecular weight is 269 g/mol. The van der Waals surface area contributed by atoms with E-state index in [-0.39, 0.29) is 0 Å². The summed E-state index contributed by atoms with van der Waals surface area (Å²) in [6.07, 6.45) is 0. The molecule has 3 heteroatoms. The van der Waals surface area contributed by atoms with E-state index in [4.69, 9.17) is 0 Å². The lowest BCUT2D eigenvalue weighted by molar-refractivity contribution is 0.333. The molecule has 0 bridgehead atoms. The molecule has 0 spiro atoms. The third kappa shape index (κ3) is 2.34. The summed E-state index contributed by atoms with van der Waals surface area (Å²) in [5.41, 5.74) is 2.75. The Balaban J connectivity index is 2.14. The molecule has 2 nitrogen and oxygen atoms in total. The van der Waals surface area contributed by atoms with Gasteiger partial charge in [0.2, 0.25) is 0 Å². The highest BCUT2D eigenvalue weighted by molar-refractivity contribution is 9.10. The minimum Gasteiger partial charge on any atom is -0.384 e. The second-order valence-corrected chi connectivity index (χ2v) is 5.08. The third-order valence-corrected chi connectivity index (χ3v) is 3.56. The topological polar surface area (TPSA) is 15.3 Å². The van der Waals surface area contributed by atoms with Crippen molar-refractivity contribution in [2.24, 2.45) is 0 Å². The summed E-state index contributed by atoms with van der Waals surface area (Å²) >= 11 is 3.50. The van der Waals surface area contributed by atoms with Crippen LogP contribution in [0.4, 0.5) is 5.69 Å². The summed E-state index contributed by atoms with van der Waals surface area (Å²) in [6.45, 7) is 5.52. The molecule has 1 aromatic carbocycles. The van der Waals surface area contributed by atoms with Gasteiger partial charge in [0, 0.05) is 29.2 Å². The van der Waals surface area contributed by atoms with Crippen molar-refractivity contribution in [2.75, 3.05) is 32.0 Å². The highest BCUT2D eigenvalue weighted by Crippen LogP contribution is 2.33. The largest absolute Gasteiger partial charge is 0.384 e. The molecule has 0 radical (unpaired) electrons. The summed E-state index contributed by atoms with van der Waals surface area (Å²) < 4.78 is 1.15. The van der Waals surface area contributed by atoms with Crippen molar-refractivity contribution < 1.29 is 0 Å². The maximum Gasteiger partial charge on any atom is 0.0388 e. The lowest BCUT2D eigenvalue weighted by Crippen LogP contribution is -2.25.